The maximum absolute atomic E-state index is 6.82. The second-order valence-corrected chi connectivity index (χ2v) is 2.93. The van der Waals surface area contributed by atoms with Gasteiger partial charge in [-0.15, -0.1) is 0 Å². The van der Waals surface area contributed by atoms with E-state index in [2.05, 4.69) is 6.08 Å². The lowest BCUT2D eigenvalue weighted by Crippen LogP contribution is -1.94. The Hall–Kier alpha value is -1.31. The van der Waals surface area contributed by atoms with E-state index >= 15 is 0 Å². The van der Waals surface area contributed by atoms with Gasteiger partial charge in [-0.3, -0.25) is 0 Å². The zero-order valence-electron chi connectivity index (χ0n) is 8.38. The van der Waals surface area contributed by atoms with Crippen LogP contribution in [0.25, 0.3) is 0 Å². The summed E-state index contributed by atoms with van der Waals surface area (Å²) in [7, 11) is 0. The lowest BCUT2D eigenvalue weighted by molar-refractivity contribution is 0.973. The molecule has 0 fully saturated rings. The molecule has 0 atom stereocenters. The van der Waals surface area contributed by atoms with Crippen molar-refractivity contribution in [3.63, 3.8) is 0 Å². The van der Waals surface area contributed by atoms with Crippen LogP contribution in [0.15, 0.2) is 35.6 Å². The van der Waals surface area contributed by atoms with Gasteiger partial charge in [-0.25, -0.2) is 0 Å². The summed E-state index contributed by atoms with van der Waals surface area (Å²) in [4.78, 5) is 0. The van der Waals surface area contributed by atoms with E-state index in [9.17, 15) is 0 Å². The Balaban J connectivity index is 4.01. The zero-order chi connectivity index (χ0) is 10.1. The Morgan fingerprint density at radius 3 is 2.69 bits per heavy atom. The molecule has 0 spiro atoms. The van der Waals surface area contributed by atoms with Crippen molar-refractivity contribution in [3.8, 4) is 0 Å². The van der Waals surface area contributed by atoms with Crippen molar-refractivity contribution in [3.05, 3.63) is 35.6 Å². The third kappa shape index (κ3) is 7.06. The third-order valence-electron chi connectivity index (χ3n) is 1.63. The van der Waals surface area contributed by atoms with Gasteiger partial charge in [0.25, 0.3) is 0 Å². The van der Waals surface area contributed by atoms with E-state index < -0.39 is 0 Å². The second-order valence-electron chi connectivity index (χ2n) is 2.93. The summed E-state index contributed by atoms with van der Waals surface area (Å²) in [6.07, 6.45) is 10.9. The number of nitrogens with one attached hydrogen (secondary N) is 1. The molecule has 2 heteroatoms. The molecule has 2 nitrogen and oxygen atoms in total. The molecule has 0 bridgehead atoms. The van der Waals surface area contributed by atoms with Crippen molar-refractivity contribution < 1.29 is 0 Å². The first-order valence-corrected chi connectivity index (χ1v) is 4.45. The van der Waals surface area contributed by atoms with Crippen LogP contribution in [-0.2, 0) is 0 Å². The van der Waals surface area contributed by atoms with E-state index in [1.807, 2.05) is 26.0 Å². The molecule has 0 aromatic rings. The first-order chi connectivity index (χ1) is 6.20. The van der Waals surface area contributed by atoms with Crippen molar-refractivity contribution in [2.45, 2.75) is 26.7 Å². The van der Waals surface area contributed by atoms with Crippen LogP contribution < -0.4 is 5.73 Å². The molecule has 0 unspecified atom stereocenters. The van der Waals surface area contributed by atoms with Gasteiger partial charge < -0.3 is 11.1 Å². The van der Waals surface area contributed by atoms with Crippen molar-refractivity contribution in [2.24, 2.45) is 5.73 Å². The summed E-state index contributed by atoms with van der Waals surface area (Å²) in [5.74, 6) is 0. The monoisotopic (exact) mass is 178 g/mol. The van der Waals surface area contributed by atoms with E-state index in [4.69, 9.17) is 11.1 Å². The standard InChI is InChI=1S/C11H18N2/c1-3-4-5-6-10(2)9-11(13)7-8-12/h3-4,7-9,12H,5-6,13H2,1-2H3/b4-3+,10-9+,11-7-,12-8?. The maximum Gasteiger partial charge on any atom is 0.0328 e. The second kappa shape index (κ2) is 7.35. The minimum absolute atomic E-state index is 0.646. The third-order valence-corrected chi connectivity index (χ3v) is 1.63. The van der Waals surface area contributed by atoms with Crippen LogP contribution in [0, 0.1) is 5.41 Å². The van der Waals surface area contributed by atoms with Crippen molar-refractivity contribution in [1.82, 2.24) is 0 Å². The van der Waals surface area contributed by atoms with Crippen LogP contribution in [0.5, 0.6) is 0 Å². The maximum atomic E-state index is 6.82. The summed E-state index contributed by atoms with van der Waals surface area (Å²) in [5.41, 5.74) is 7.50. The summed E-state index contributed by atoms with van der Waals surface area (Å²) in [6, 6.07) is 0. The highest BCUT2D eigenvalue weighted by Gasteiger charge is 1.88. The van der Waals surface area contributed by atoms with Gasteiger partial charge in [0.1, 0.15) is 0 Å². The number of allylic oxidation sites excluding steroid dienone is 5. The zero-order valence-corrected chi connectivity index (χ0v) is 8.38. The first-order valence-electron chi connectivity index (χ1n) is 4.45. The van der Waals surface area contributed by atoms with Crippen LogP contribution in [0.1, 0.15) is 26.7 Å². The SMILES string of the molecule is C/C=C/CC/C(C)=C/C(N)=C/C=N. The Morgan fingerprint density at radius 2 is 2.15 bits per heavy atom. The fourth-order valence-electron chi connectivity index (χ4n) is 0.979. The molecular formula is C11H18N2. The summed E-state index contributed by atoms with van der Waals surface area (Å²) < 4.78 is 0. The van der Waals surface area contributed by atoms with Gasteiger partial charge in [0.2, 0.25) is 0 Å². The number of nitrogens with two attached hydrogens (primary N) is 1. The van der Waals surface area contributed by atoms with Crippen LogP contribution >= 0.6 is 0 Å². The predicted molar refractivity (Wildman–Crippen MR) is 58.9 cm³/mol. The van der Waals surface area contributed by atoms with E-state index in [1.54, 1.807) is 6.08 Å². The molecule has 0 radical (unpaired) electrons. The highest BCUT2D eigenvalue weighted by Crippen LogP contribution is 2.06. The normalized spacial score (nSPS) is 13.7. The molecule has 72 valence electrons. The fourth-order valence-corrected chi connectivity index (χ4v) is 0.979. The molecule has 0 aliphatic carbocycles. The predicted octanol–water partition coefficient (Wildman–Crippen LogP) is 2.78. The minimum atomic E-state index is 0.646. The molecular weight excluding hydrogens is 160 g/mol. The van der Waals surface area contributed by atoms with Crippen LogP contribution in [0.3, 0.4) is 0 Å². The highest BCUT2D eigenvalue weighted by atomic mass is 14.6. The van der Waals surface area contributed by atoms with Gasteiger partial charge >= 0.3 is 0 Å². The summed E-state index contributed by atoms with van der Waals surface area (Å²) in [5, 5.41) is 6.82. The lowest BCUT2D eigenvalue weighted by Gasteiger charge is -1.97. The van der Waals surface area contributed by atoms with Gasteiger partial charge in [0.05, 0.1) is 0 Å². The molecule has 3 N–H and O–H groups in total. The van der Waals surface area contributed by atoms with E-state index in [-0.39, 0.29) is 0 Å². The van der Waals surface area contributed by atoms with Gasteiger partial charge in [-0.05, 0) is 38.8 Å². The van der Waals surface area contributed by atoms with Gasteiger partial charge in [-0.1, -0.05) is 17.7 Å². The average molecular weight is 178 g/mol. The van der Waals surface area contributed by atoms with Gasteiger partial charge in [0, 0.05) is 11.9 Å². The molecule has 0 aliphatic heterocycles. The molecule has 0 saturated carbocycles. The highest BCUT2D eigenvalue weighted by molar-refractivity contribution is 5.69. The average Bonchev–Trinajstić information content (AvgIpc) is 2.05. The van der Waals surface area contributed by atoms with Gasteiger partial charge in [0.15, 0.2) is 0 Å². The van der Waals surface area contributed by atoms with Gasteiger partial charge in [-0.2, -0.15) is 0 Å². The van der Waals surface area contributed by atoms with Crippen LogP contribution in [-0.4, -0.2) is 6.21 Å². The van der Waals surface area contributed by atoms with Crippen molar-refractivity contribution in [1.29, 1.82) is 5.41 Å². The molecule has 0 rings (SSSR count). The number of hydrogen-bond donors (Lipinski definition) is 2. The number of hydrogen-bond acceptors (Lipinski definition) is 2. The van der Waals surface area contributed by atoms with E-state index in [1.165, 1.54) is 11.8 Å². The first kappa shape index (κ1) is 11.7. The Labute approximate surface area is 80.3 Å². The molecule has 0 aliphatic rings. The van der Waals surface area contributed by atoms with E-state index in [0.29, 0.717) is 5.70 Å². The molecule has 0 amide bonds. The Morgan fingerprint density at radius 1 is 1.46 bits per heavy atom. The van der Waals surface area contributed by atoms with Crippen molar-refractivity contribution >= 4 is 6.21 Å². The number of rotatable bonds is 5. The largest absolute Gasteiger partial charge is 0.399 e. The Bertz CT molecular complexity index is 234. The lowest BCUT2D eigenvalue weighted by atomic mass is 10.1. The minimum Gasteiger partial charge on any atom is -0.399 e. The van der Waals surface area contributed by atoms with Crippen molar-refractivity contribution in [2.75, 3.05) is 0 Å². The molecule has 0 heterocycles. The topological polar surface area (TPSA) is 49.9 Å². The quantitative estimate of drug-likeness (QED) is 0.379. The molecule has 0 aromatic carbocycles. The van der Waals surface area contributed by atoms with Crippen LogP contribution in [0.2, 0.25) is 0 Å². The van der Waals surface area contributed by atoms with Crippen LogP contribution in [0.4, 0.5) is 0 Å². The van der Waals surface area contributed by atoms with E-state index in [0.717, 1.165) is 12.8 Å². The summed E-state index contributed by atoms with van der Waals surface area (Å²) in [6.45, 7) is 4.07. The smallest absolute Gasteiger partial charge is 0.0328 e. The summed E-state index contributed by atoms with van der Waals surface area (Å²) >= 11 is 0. The Kier molecular flexibility index (Phi) is 6.60. The molecule has 13 heavy (non-hydrogen) atoms. The molecule has 0 saturated heterocycles. The molecule has 0 aromatic heterocycles. The fraction of sp³-hybridized carbons (Fsp3) is 0.364.